The number of ether oxygens (including phenoxy) is 1. The van der Waals surface area contributed by atoms with Gasteiger partial charge in [0.2, 0.25) is 0 Å². The van der Waals surface area contributed by atoms with E-state index in [4.69, 9.17) is 4.74 Å². The van der Waals surface area contributed by atoms with E-state index in [1.807, 2.05) is 18.2 Å². The van der Waals surface area contributed by atoms with Gasteiger partial charge in [-0.05, 0) is 56.9 Å². The van der Waals surface area contributed by atoms with Crippen molar-refractivity contribution in [1.82, 2.24) is 10.2 Å². The van der Waals surface area contributed by atoms with E-state index in [1.165, 1.54) is 0 Å². The van der Waals surface area contributed by atoms with Gasteiger partial charge in [0, 0.05) is 17.7 Å². The van der Waals surface area contributed by atoms with Crippen molar-refractivity contribution in [2.45, 2.75) is 26.4 Å². The Balaban J connectivity index is 1.68. The molecule has 0 fully saturated rings. The molecule has 2 aromatic carbocycles. The molecule has 0 aromatic heterocycles. The fourth-order valence-electron chi connectivity index (χ4n) is 2.95. The molecule has 0 bridgehead atoms. The van der Waals surface area contributed by atoms with Crippen LogP contribution in [0.5, 0.6) is 5.75 Å². The first-order valence-corrected chi connectivity index (χ1v) is 10.1. The second kappa shape index (κ2) is 12.3. The molecular weight excluding hydrogens is 352 g/mol. The third-order valence-corrected chi connectivity index (χ3v) is 4.70. The molecule has 0 heterocycles. The number of aliphatic hydroxyl groups is 1. The van der Waals surface area contributed by atoms with Crippen LogP contribution in [0.1, 0.15) is 36.2 Å². The van der Waals surface area contributed by atoms with Gasteiger partial charge in [0.1, 0.15) is 18.5 Å². The second-order valence-electron chi connectivity index (χ2n) is 6.77. The highest BCUT2D eigenvalue weighted by atomic mass is 16.5. The van der Waals surface area contributed by atoms with Gasteiger partial charge in [-0.15, -0.1) is 0 Å². The normalized spacial score (nSPS) is 12.1. The molecule has 2 aromatic rings. The number of ketones is 1. The molecule has 5 nitrogen and oxygen atoms in total. The lowest BCUT2D eigenvalue weighted by molar-refractivity contribution is 0.103. The summed E-state index contributed by atoms with van der Waals surface area (Å²) < 4.78 is 5.63. The van der Waals surface area contributed by atoms with Crippen molar-refractivity contribution >= 4 is 5.78 Å². The molecule has 2 N–H and O–H groups in total. The first kappa shape index (κ1) is 22.1. The number of benzene rings is 2. The number of hydrogen-bond donors (Lipinski definition) is 2. The van der Waals surface area contributed by atoms with E-state index in [2.05, 4.69) is 24.1 Å². The molecule has 0 aliphatic rings. The summed E-state index contributed by atoms with van der Waals surface area (Å²) in [5, 5.41) is 13.3. The highest BCUT2D eigenvalue weighted by molar-refractivity contribution is 6.08. The maximum Gasteiger partial charge on any atom is 0.193 e. The maximum absolute atomic E-state index is 12.4. The minimum Gasteiger partial charge on any atom is -0.491 e. The summed E-state index contributed by atoms with van der Waals surface area (Å²) in [7, 11) is 0. The van der Waals surface area contributed by atoms with Gasteiger partial charge in [0.25, 0.3) is 0 Å². The minimum atomic E-state index is -0.570. The van der Waals surface area contributed by atoms with Gasteiger partial charge in [0.05, 0.1) is 0 Å². The lowest BCUT2D eigenvalue weighted by Gasteiger charge is -2.18. The molecule has 5 heteroatoms. The van der Waals surface area contributed by atoms with Crippen LogP contribution in [0.15, 0.2) is 54.6 Å². The minimum absolute atomic E-state index is 0.0129. The summed E-state index contributed by atoms with van der Waals surface area (Å²) in [6, 6.07) is 16.2. The Hall–Kier alpha value is -2.21. The maximum atomic E-state index is 12.4. The average molecular weight is 385 g/mol. The number of rotatable bonds is 13. The summed E-state index contributed by atoms with van der Waals surface area (Å²) in [4.78, 5) is 14.8. The molecule has 0 spiro atoms. The third-order valence-electron chi connectivity index (χ3n) is 4.70. The first-order chi connectivity index (χ1) is 13.6. The van der Waals surface area contributed by atoms with Crippen molar-refractivity contribution in [1.29, 1.82) is 0 Å². The van der Waals surface area contributed by atoms with Crippen LogP contribution in [0.2, 0.25) is 0 Å². The topological polar surface area (TPSA) is 61.8 Å². The van der Waals surface area contributed by atoms with Gasteiger partial charge >= 0.3 is 0 Å². The molecule has 0 unspecified atom stereocenters. The van der Waals surface area contributed by atoms with Crippen molar-refractivity contribution in [3.8, 4) is 5.75 Å². The molecule has 0 radical (unpaired) electrons. The lowest BCUT2D eigenvalue weighted by atomic mass is 10.0. The van der Waals surface area contributed by atoms with Gasteiger partial charge in [0.15, 0.2) is 5.78 Å². The van der Waals surface area contributed by atoms with Gasteiger partial charge < -0.3 is 20.1 Å². The Bertz CT molecular complexity index is 685. The van der Waals surface area contributed by atoms with Gasteiger partial charge in [-0.1, -0.05) is 44.2 Å². The lowest BCUT2D eigenvalue weighted by Crippen LogP contribution is -2.33. The standard InChI is InChI=1S/C23H32N2O3/c1-3-25(4-2)16-8-15-24-17-21(26)18-28-22-13-11-20(12-14-22)23(27)19-9-6-5-7-10-19/h5-7,9-14,21,24,26H,3-4,8,15-18H2,1-2H3/t21-/m0/s1. The van der Waals surface area contributed by atoms with Gasteiger partial charge in [-0.3, -0.25) is 4.79 Å². The smallest absolute Gasteiger partial charge is 0.193 e. The molecule has 0 amide bonds. The fourth-order valence-corrected chi connectivity index (χ4v) is 2.95. The molecule has 0 saturated carbocycles. The fraction of sp³-hybridized carbons (Fsp3) is 0.435. The van der Waals surface area contributed by atoms with Crippen LogP contribution in [0.4, 0.5) is 0 Å². The zero-order chi connectivity index (χ0) is 20.2. The van der Waals surface area contributed by atoms with Crippen molar-refractivity contribution in [2.75, 3.05) is 39.3 Å². The predicted octanol–water partition coefficient (Wildman–Crippen LogP) is 2.98. The highest BCUT2D eigenvalue weighted by Gasteiger charge is 2.09. The van der Waals surface area contributed by atoms with E-state index in [-0.39, 0.29) is 12.4 Å². The Morgan fingerprint density at radius 1 is 1.04 bits per heavy atom. The number of hydrogen-bond acceptors (Lipinski definition) is 5. The number of nitrogens with zero attached hydrogens (tertiary/aromatic N) is 1. The van der Waals surface area contributed by atoms with Crippen LogP contribution >= 0.6 is 0 Å². The summed E-state index contributed by atoms with van der Waals surface area (Å²) in [6.45, 7) is 9.15. The van der Waals surface area contributed by atoms with Crippen molar-refractivity contribution in [3.63, 3.8) is 0 Å². The van der Waals surface area contributed by atoms with E-state index >= 15 is 0 Å². The molecular formula is C23H32N2O3. The Labute approximate surface area is 168 Å². The quantitative estimate of drug-likeness (QED) is 0.411. The van der Waals surface area contributed by atoms with Crippen LogP contribution in [0.25, 0.3) is 0 Å². The van der Waals surface area contributed by atoms with E-state index in [1.54, 1.807) is 36.4 Å². The zero-order valence-corrected chi connectivity index (χ0v) is 16.9. The summed E-state index contributed by atoms with van der Waals surface area (Å²) >= 11 is 0. The van der Waals surface area contributed by atoms with E-state index in [0.29, 0.717) is 23.4 Å². The monoisotopic (exact) mass is 384 g/mol. The summed E-state index contributed by atoms with van der Waals surface area (Å²) in [5.74, 6) is 0.631. The number of carbonyl (C=O) groups is 1. The average Bonchev–Trinajstić information content (AvgIpc) is 2.75. The third kappa shape index (κ3) is 7.43. The molecule has 1 atom stereocenters. The van der Waals surface area contributed by atoms with Crippen molar-refractivity contribution < 1.29 is 14.6 Å². The van der Waals surface area contributed by atoms with E-state index < -0.39 is 6.10 Å². The first-order valence-electron chi connectivity index (χ1n) is 10.1. The SMILES string of the molecule is CCN(CC)CCCNC[C@H](O)COc1ccc(C(=O)c2ccccc2)cc1. The van der Waals surface area contributed by atoms with Crippen molar-refractivity contribution in [2.24, 2.45) is 0 Å². The molecule has 28 heavy (non-hydrogen) atoms. The highest BCUT2D eigenvalue weighted by Crippen LogP contribution is 2.15. The number of carbonyl (C=O) groups excluding carboxylic acids is 1. The summed E-state index contributed by atoms with van der Waals surface area (Å²) in [6.07, 6.45) is 0.491. The largest absolute Gasteiger partial charge is 0.491 e. The van der Waals surface area contributed by atoms with Crippen LogP contribution in [0, 0.1) is 0 Å². The number of nitrogens with one attached hydrogen (secondary N) is 1. The Morgan fingerprint density at radius 3 is 2.32 bits per heavy atom. The molecule has 0 aliphatic carbocycles. The predicted molar refractivity (Wildman–Crippen MR) is 113 cm³/mol. The molecule has 2 rings (SSSR count). The van der Waals surface area contributed by atoms with Crippen LogP contribution in [0.3, 0.4) is 0 Å². The number of aliphatic hydroxyl groups excluding tert-OH is 1. The van der Waals surface area contributed by atoms with Gasteiger partial charge in [-0.2, -0.15) is 0 Å². The Morgan fingerprint density at radius 2 is 1.68 bits per heavy atom. The molecule has 152 valence electrons. The van der Waals surface area contributed by atoms with E-state index in [9.17, 15) is 9.90 Å². The van der Waals surface area contributed by atoms with Crippen molar-refractivity contribution in [3.05, 3.63) is 65.7 Å². The van der Waals surface area contributed by atoms with Crippen LogP contribution < -0.4 is 10.1 Å². The second-order valence-corrected chi connectivity index (χ2v) is 6.77. The molecule has 0 aliphatic heterocycles. The van der Waals surface area contributed by atoms with Crippen LogP contribution in [-0.4, -0.2) is 61.2 Å². The summed E-state index contributed by atoms with van der Waals surface area (Å²) in [5.41, 5.74) is 1.28. The Kier molecular flexibility index (Phi) is 9.69. The zero-order valence-electron chi connectivity index (χ0n) is 16.9. The van der Waals surface area contributed by atoms with Gasteiger partial charge in [-0.25, -0.2) is 0 Å². The van der Waals surface area contributed by atoms with E-state index in [0.717, 1.165) is 32.6 Å². The van der Waals surface area contributed by atoms with Crippen LogP contribution in [-0.2, 0) is 0 Å². The molecule has 0 saturated heterocycles.